The minimum absolute atomic E-state index is 0.264. The molecule has 1 amide bonds. The van der Waals surface area contributed by atoms with Crippen molar-refractivity contribution in [1.82, 2.24) is 10.2 Å². The van der Waals surface area contributed by atoms with Crippen LogP contribution >= 0.6 is 6.89 Å². The molecule has 2 N–H and O–H groups in total. The summed E-state index contributed by atoms with van der Waals surface area (Å²) in [6.45, 7) is 8.40. The predicted molar refractivity (Wildman–Crippen MR) is 108 cm³/mol. The first-order valence-electron chi connectivity index (χ1n) is 8.70. The Bertz CT molecular complexity index is 699. The molecule has 4 atom stereocenters. The van der Waals surface area contributed by atoms with Crippen LogP contribution in [0.1, 0.15) is 13.3 Å². The minimum atomic E-state index is -1.23. The predicted octanol–water partition coefficient (Wildman–Crippen LogP) is 0.996. The van der Waals surface area contributed by atoms with E-state index in [2.05, 4.69) is 36.5 Å². The first kappa shape index (κ1) is 21.7. The lowest BCUT2D eigenvalue weighted by atomic mass is 10.1. The second kappa shape index (κ2) is 8.61. The second-order valence-electron chi connectivity index (χ2n) is 7.37. The molecule has 0 aliphatic carbocycles. The fourth-order valence-electron chi connectivity index (χ4n) is 3.04. The molecule has 0 aromatic rings. The molecule has 2 heterocycles. The number of rotatable bonds is 6. The molecule has 0 aromatic carbocycles. The van der Waals surface area contributed by atoms with Crippen LogP contribution in [0.4, 0.5) is 0 Å². The van der Waals surface area contributed by atoms with Gasteiger partial charge in [-0.05, 0) is 25.9 Å². The van der Waals surface area contributed by atoms with Gasteiger partial charge in [-0.25, -0.2) is 4.99 Å². The largest absolute Gasteiger partial charge is 0.491 e. The molecule has 0 aromatic heterocycles. The van der Waals surface area contributed by atoms with Crippen LogP contribution in [-0.4, -0.2) is 86.3 Å². The van der Waals surface area contributed by atoms with E-state index in [1.54, 1.807) is 11.1 Å². The van der Waals surface area contributed by atoms with Gasteiger partial charge in [0.2, 0.25) is 5.91 Å². The lowest BCUT2D eigenvalue weighted by molar-refractivity contribution is -0.117. The van der Waals surface area contributed by atoms with E-state index in [0.717, 1.165) is 6.16 Å². The third-order valence-electron chi connectivity index (χ3n) is 4.42. The standard InChI is InChI=1S/C18H30N3O5P/c1-11-19-17(20-12(2)22)14(24-3)10-21(11)18-16(25-4)15(23)13(26-18)8-9-27(5,6)7/h10,13,15-16,18,23H,1,5,8-9H2,2-4,6-7H3,(H,19,20,22)/t13-,15-,16-,18-/m1/s1. The van der Waals surface area contributed by atoms with Crippen molar-refractivity contribution in [2.24, 2.45) is 4.99 Å². The fourth-order valence-corrected chi connectivity index (χ4v) is 4.00. The van der Waals surface area contributed by atoms with Crippen molar-refractivity contribution in [3.63, 3.8) is 0 Å². The maximum atomic E-state index is 11.4. The van der Waals surface area contributed by atoms with Crippen molar-refractivity contribution in [2.75, 3.05) is 33.7 Å². The van der Waals surface area contributed by atoms with E-state index in [1.165, 1.54) is 21.1 Å². The number of nitrogens with zero attached hydrogens (tertiary/aromatic N) is 2. The topological polar surface area (TPSA) is 92.6 Å². The van der Waals surface area contributed by atoms with Gasteiger partial charge >= 0.3 is 0 Å². The number of hydrogen-bond donors (Lipinski definition) is 2. The molecule has 0 unspecified atom stereocenters. The van der Waals surface area contributed by atoms with Crippen LogP contribution in [0, 0.1) is 0 Å². The zero-order valence-electron chi connectivity index (χ0n) is 16.6. The fraction of sp³-hybridized carbons (Fsp3) is 0.611. The molecule has 0 spiro atoms. The van der Waals surface area contributed by atoms with Crippen molar-refractivity contribution >= 4 is 24.9 Å². The molecule has 1 saturated heterocycles. The minimum Gasteiger partial charge on any atom is -0.491 e. The Kier molecular flexibility index (Phi) is 6.92. The number of amidine groups is 1. The number of carbonyl (C=O) groups excluding carboxylic acids is 1. The van der Waals surface area contributed by atoms with Gasteiger partial charge in [-0.2, -0.15) is 0 Å². The Morgan fingerprint density at radius 2 is 2.15 bits per heavy atom. The highest BCUT2D eigenvalue weighted by Gasteiger charge is 2.47. The van der Waals surface area contributed by atoms with Gasteiger partial charge in [-0.15, -0.1) is 13.2 Å². The molecule has 0 saturated carbocycles. The Morgan fingerprint density at radius 1 is 1.48 bits per heavy atom. The van der Waals surface area contributed by atoms with Crippen LogP contribution in [0.3, 0.4) is 0 Å². The van der Waals surface area contributed by atoms with E-state index in [-0.39, 0.29) is 17.8 Å². The third kappa shape index (κ3) is 5.23. The summed E-state index contributed by atoms with van der Waals surface area (Å²) in [6, 6.07) is 0. The molecular weight excluding hydrogens is 369 g/mol. The van der Waals surface area contributed by atoms with E-state index < -0.39 is 25.3 Å². The molecule has 0 radical (unpaired) electrons. The quantitative estimate of drug-likeness (QED) is 0.648. The summed E-state index contributed by atoms with van der Waals surface area (Å²) in [5.74, 6) is 0.724. The summed E-state index contributed by atoms with van der Waals surface area (Å²) in [5.41, 5.74) is 0. The average Bonchev–Trinajstić information content (AvgIpc) is 2.87. The van der Waals surface area contributed by atoms with E-state index >= 15 is 0 Å². The number of nitrogens with one attached hydrogen (secondary N) is 1. The molecule has 2 aliphatic heterocycles. The summed E-state index contributed by atoms with van der Waals surface area (Å²) in [6.07, 6.45) is 5.12. The van der Waals surface area contributed by atoms with E-state index in [4.69, 9.17) is 14.2 Å². The van der Waals surface area contributed by atoms with Crippen LogP contribution in [0.25, 0.3) is 0 Å². The van der Waals surface area contributed by atoms with Crippen LogP contribution in [0.15, 0.2) is 29.4 Å². The van der Waals surface area contributed by atoms with Gasteiger partial charge < -0.3 is 29.5 Å². The molecule has 9 heteroatoms. The number of aliphatic hydroxyl groups is 1. The normalized spacial score (nSPS) is 28.7. The molecule has 2 aliphatic rings. The molecule has 1 fully saturated rings. The van der Waals surface area contributed by atoms with Crippen molar-refractivity contribution in [3.05, 3.63) is 24.4 Å². The second-order valence-corrected chi connectivity index (χ2v) is 11.7. The first-order valence-corrected chi connectivity index (χ1v) is 11.8. The van der Waals surface area contributed by atoms with Gasteiger partial charge in [-0.3, -0.25) is 4.79 Å². The molecule has 27 heavy (non-hydrogen) atoms. The number of carbonyl (C=O) groups is 1. The first-order chi connectivity index (χ1) is 12.6. The number of amides is 1. The van der Waals surface area contributed by atoms with Crippen molar-refractivity contribution in [2.45, 2.75) is 37.9 Å². The highest BCUT2D eigenvalue weighted by atomic mass is 31.2. The maximum Gasteiger partial charge on any atom is 0.222 e. The third-order valence-corrected chi connectivity index (χ3v) is 5.89. The van der Waals surface area contributed by atoms with Gasteiger partial charge in [0.05, 0.1) is 19.4 Å². The van der Waals surface area contributed by atoms with Crippen LogP contribution in [0.5, 0.6) is 0 Å². The van der Waals surface area contributed by atoms with Crippen LogP contribution in [0.2, 0.25) is 0 Å². The molecule has 0 bridgehead atoms. The Morgan fingerprint density at radius 3 is 2.67 bits per heavy atom. The maximum absolute atomic E-state index is 11.4. The SMILES string of the molecule is C=C1N=C(NC(C)=O)C(OC)=CN1[C@@H]1O[C@H](CCP(=C)(C)C)[C@@H](O)[C@H]1OC. The monoisotopic (exact) mass is 399 g/mol. The number of hydrogen-bond acceptors (Lipinski definition) is 7. The Hall–Kier alpha value is -1.60. The summed E-state index contributed by atoms with van der Waals surface area (Å²) in [4.78, 5) is 17.3. The van der Waals surface area contributed by atoms with Crippen molar-refractivity contribution < 1.29 is 24.1 Å². The summed E-state index contributed by atoms with van der Waals surface area (Å²) in [5, 5.41) is 13.3. The van der Waals surface area contributed by atoms with Gasteiger partial charge in [-0.1, -0.05) is 6.58 Å². The highest BCUT2D eigenvalue weighted by molar-refractivity contribution is 7.72. The smallest absolute Gasteiger partial charge is 0.222 e. The zero-order chi connectivity index (χ0) is 20.4. The Balaban J connectivity index is 2.21. The molecular formula is C18H30N3O5P. The molecule has 152 valence electrons. The van der Waals surface area contributed by atoms with E-state index in [9.17, 15) is 9.90 Å². The Labute approximate surface area is 160 Å². The average molecular weight is 399 g/mol. The van der Waals surface area contributed by atoms with Gasteiger partial charge in [0.15, 0.2) is 17.8 Å². The van der Waals surface area contributed by atoms with Gasteiger partial charge in [0.25, 0.3) is 0 Å². The van der Waals surface area contributed by atoms with E-state index in [0.29, 0.717) is 18.0 Å². The lowest BCUT2D eigenvalue weighted by Gasteiger charge is -2.33. The number of aliphatic hydroxyl groups excluding tert-OH is 1. The van der Waals surface area contributed by atoms with Crippen LogP contribution in [-0.2, 0) is 19.0 Å². The molecule has 2 rings (SSSR count). The van der Waals surface area contributed by atoms with E-state index in [1.807, 2.05) is 0 Å². The van der Waals surface area contributed by atoms with Crippen LogP contribution < -0.4 is 5.32 Å². The summed E-state index contributed by atoms with van der Waals surface area (Å²) in [7, 11) is 3.01. The van der Waals surface area contributed by atoms with Gasteiger partial charge in [0.1, 0.15) is 18.0 Å². The number of methoxy groups -OCH3 is 2. The van der Waals surface area contributed by atoms with Crippen molar-refractivity contribution in [3.8, 4) is 0 Å². The highest BCUT2D eigenvalue weighted by Crippen LogP contribution is 2.39. The summed E-state index contributed by atoms with van der Waals surface area (Å²) < 4.78 is 17.0. The number of aliphatic imine (C=N–C) groups is 1. The van der Waals surface area contributed by atoms with Gasteiger partial charge in [0, 0.05) is 14.0 Å². The molecule has 8 nitrogen and oxygen atoms in total. The lowest BCUT2D eigenvalue weighted by Crippen LogP contribution is -2.44. The number of ether oxygens (including phenoxy) is 3. The van der Waals surface area contributed by atoms with Crippen molar-refractivity contribution in [1.29, 1.82) is 0 Å². The zero-order valence-corrected chi connectivity index (χ0v) is 17.5. The summed E-state index contributed by atoms with van der Waals surface area (Å²) >= 11 is 0.